The van der Waals surface area contributed by atoms with Crippen LogP contribution in [0.3, 0.4) is 0 Å². The first kappa shape index (κ1) is 22.4. The van der Waals surface area contributed by atoms with Crippen LogP contribution >= 0.6 is 0 Å². The summed E-state index contributed by atoms with van der Waals surface area (Å²) in [5.74, 6) is 2.16. The van der Waals surface area contributed by atoms with E-state index in [0.29, 0.717) is 47.5 Å². The minimum Gasteiger partial charge on any atom is -0.497 e. The van der Waals surface area contributed by atoms with Gasteiger partial charge >= 0.3 is 0 Å². The number of aryl methyl sites for hydroxylation is 1. The molecule has 0 aliphatic heterocycles. The van der Waals surface area contributed by atoms with E-state index in [1.807, 2.05) is 66.7 Å². The Morgan fingerprint density at radius 3 is 1.74 bits per heavy atom. The third kappa shape index (κ3) is 4.72. The second-order valence-corrected chi connectivity index (χ2v) is 7.25. The van der Waals surface area contributed by atoms with Gasteiger partial charge in [0, 0.05) is 6.42 Å². The highest BCUT2D eigenvalue weighted by atomic mass is 16.5. The smallest absolute Gasteiger partial charge is 0.140 e. The lowest BCUT2D eigenvalue weighted by atomic mass is 9.79. The molecule has 3 aromatic rings. The maximum atomic E-state index is 12.1. The first-order chi connectivity index (χ1) is 15.1. The number of benzene rings is 3. The largest absolute Gasteiger partial charge is 0.497 e. The zero-order valence-corrected chi connectivity index (χ0v) is 18.1. The lowest BCUT2D eigenvalue weighted by molar-refractivity contribution is -0.107. The topological polar surface area (TPSA) is 65.0 Å². The van der Waals surface area contributed by atoms with Crippen molar-refractivity contribution in [3.63, 3.8) is 0 Å². The Balaban J connectivity index is 2.15. The number of hydrogen-bond acceptors (Lipinski definition) is 5. The van der Waals surface area contributed by atoms with Crippen molar-refractivity contribution in [2.45, 2.75) is 24.9 Å². The number of hydrogen-bond donors (Lipinski definition) is 1. The van der Waals surface area contributed by atoms with Gasteiger partial charge < -0.3 is 24.1 Å². The highest BCUT2D eigenvalue weighted by molar-refractivity contribution is 5.52. The highest BCUT2D eigenvalue weighted by Crippen LogP contribution is 2.39. The molecule has 31 heavy (non-hydrogen) atoms. The monoisotopic (exact) mass is 420 g/mol. The van der Waals surface area contributed by atoms with E-state index < -0.39 is 5.60 Å². The number of unbranched alkanes of at least 4 members (excludes halogenated alkanes) is 1. The fourth-order valence-corrected chi connectivity index (χ4v) is 3.74. The Morgan fingerprint density at radius 2 is 1.29 bits per heavy atom. The van der Waals surface area contributed by atoms with Crippen molar-refractivity contribution in [2.24, 2.45) is 0 Å². The number of aldehydes is 1. The van der Waals surface area contributed by atoms with E-state index in [2.05, 4.69) is 0 Å². The summed E-state index contributed by atoms with van der Waals surface area (Å²) in [5, 5.41) is 12.1. The van der Waals surface area contributed by atoms with E-state index in [1.165, 1.54) is 0 Å². The first-order valence-corrected chi connectivity index (χ1v) is 10.2. The summed E-state index contributed by atoms with van der Waals surface area (Å²) < 4.78 is 16.1. The van der Waals surface area contributed by atoms with Crippen LogP contribution in [0.15, 0.2) is 66.7 Å². The minimum atomic E-state index is -1.40. The normalized spacial score (nSPS) is 11.1. The summed E-state index contributed by atoms with van der Waals surface area (Å²) in [4.78, 5) is 10.8. The molecule has 0 fully saturated rings. The number of carbonyl (C=O) groups excluding carboxylic acids is 1. The Labute approximate surface area is 183 Å². The Bertz CT molecular complexity index is 946. The Hall–Kier alpha value is -3.31. The SMILES string of the molecule is COc1ccc(C(O)(c2ccc(OC)cc2)c2ccc(OC)c(CCCC=O)c2)cc1. The van der Waals surface area contributed by atoms with E-state index in [1.54, 1.807) is 21.3 Å². The van der Waals surface area contributed by atoms with Crippen molar-refractivity contribution >= 4 is 6.29 Å². The van der Waals surface area contributed by atoms with Gasteiger partial charge in [0.25, 0.3) is 0 Å². The Morgan fingerprint density at radius 1 is 0.774 bits per heavy atom. The van der Waals surface area contributed by atoms with Gasteiger partial charge in [-0.15, -0.1) is 0 Å². The lowest BCUT2D eigenvalue weighted by Gasteiger charge is -2.31. The van der Waals surface area contributed by atoms with Crippen LogP contribution in [0.2, 0.25) is 0 Å². The fraction of sp³-hybridized carbons (Fsp3) is 0.269. The number of methoxy groups -OCH3 is 3. The van der Waals surface area contributed by atoms with Crippen LogP contribution in [0.25, 0.3) is 0 Å². The molecule has 3 aromatic carbocycles. The average molecular weight is 421 g/mol. The molecule has 0 spiro atoms. The van der Waals surface area contributed by atoms with Crippen LogP contribution in [0, 0.1) is 0 Å². The van der Waals surface area contributed by atoms with Crippen molar-refractivity contribution in [1.82, 2.24) is 0 Å². The summed E-state index contributed by atoms with van der Waals surface area (Å²) in [7, 11) is 4.84. The predicted molar refractivity (Wildman–Crippen MR) is 120 cm³/mol. The predicted octanol–water partition coefficient (Wildman–Crippen LogP) is 4.52. The van der Waals surface area contributed by atoms with E-state index in [0.717, 1.165) is 17.6 Å². The molecule has 0 saturated heterocycles. The van der Waals surface area contributed by atoms with Gasteiger partial charge in [0.2, 0.25) is 0 Å². The second kappa shape index (κ2) is 10.1. The van der Waals surface area contributed by atoms with Gasteiger partial charge in [-0.1, -0.05) is 30.3 Å². The summed E-state index contributed by atoms with van der Waals surface area (Å²) in [6.45, 7) is 0. The molecule has 0 heterocycles. The van der Waals surface area contributed by atoms with Gasteiger partial charge in [0.05, 0.1) is 21.3 Å². The summed E-state index contributed by atoms with van der Waals surface area (Å²) in [5.41, 5.74) is 1.68. The van der Waals surface area contributed by atoms with Crippen LogP contribution in [-0.4, -0.2) is 32.7 Å². The third-order valence-corrected chi connectivity index (χ3v) is 5.48. The van der Waals surface area contributed by atoms with Crippen LogP contribution < -0.4 is 14.2 Å². The van der Waals surface area contributed by atoms with E-state index in [9.17, 15) is 9.90 Å². The molecular formula is C26H28O5. The maximum Gasteiger partial charge on any atom is 0.140 e. The minimum absolute atomic E-state index is 0.481. The van der Waals surface area contributed by atoms with Crippen LogP contribution in [-0.2, 0) is 16.8 Å². The zero-order valence-electron chi connectivity index (χ0n) is 18.1. The fourth-order valence-electron chi connectivity index (χ4n) is 3.74. The standard InChI is InChI=1S/C26H28O5/c1-29-23-12-7-20(8-13-23)26(28,21-9-14-24(30-2)15-10-21)22-11-16-25(31-3)19(18-22)6-4-5-17-27/h7-18,28H,4-6H2,1-3H3. The number of carbonyl (C=O) groups is 1. The molecule has 0 aliphatic rings. The number of ether oxygens (including phenoxy) is 3. The summed E-state index contributed by atoms with van der Waals surface area (Å²) >= 11 is 0. The molecule has 0 aliphatic carbocycles. The molecule has 5 nitrogen and oxygen atoms in total. The molecule has 0 atom stereocenters. The molecule has 1 N–H and O–H groups in total. The maximum absolute atomic E-state index is 12.1. The van der Waals surface area contributed by atoms with Gasteiger partial charge in [-0.2, -0.15) is 0 Å². The van der Waals surface area contributed by atoms with Gasteiger partial charge in [-0.05, 0) is 71.5 Å². The average Bonchev–Trinajstić information content (AvgIpc) is 2.83. The van der Waals surface area contributed by atoms with Gasteiger partial charge in [0.15, 0.2) is 0 Å². The quantitative estimate of drug-likeness (QED) is 0.297. The Kier molecular flexibility index (Phi) is 7.32. The van der Waals surface area contributed by atoms with Crippen LogP contribution in [0.1, 0.15) is 35.1 Å². The van der Waals surface area contributed by atoms with Crippen molar-refractivity contribution < 1.29 is 24.1 Å². The van der Waals surface area contributed by atoms with Gasteiger partial charge in [-0.3, -0.25) is 0 Å². The molecule has 0 aromatic heterocycles. The van der Waals surface area contributed by atoms with Gasteiger partial charge in [-0.25, -0.2) is 0 Å². The number of rotatable bonds is 10. The molecule has 0 unspecified atom stereocenters. The summed E-state index contributed by atoms with van der Waals surface area (Å²) in [6.07, 6.45) is 2.79. The molecule has 5 heteroatoms. The van der Waals surface area contributed by atoms with Gasteiger partial charge in [0.1, 0.15) is 29.1 Å². The molecule has 0 bridgehead atoms. The molecule has 3 rings (SSSR count). The first-order valence-electron chi connectivity index (χ1n) is 10.2. The van der Waals surface area contributed by atoms with Crippen molar-refractivity contribution in [1.29, 1.82) is 0 Å². The third-order valence-electron chi connectivity index (χ3n) is 5.48. The molecule has 0 amide bonds. The molecular weight excluding hydrogens is 392 g/mol. The van der Waals surface area contributed by atoms with E-state index in [-0.39, 0.29) is 0 Å². The van der Waals surface area contributed by atoms with Crippen molar-refractivity contribution in [3.8, 4) is 17.2 Å². The summed E-state index contributed by atoms with van der Waals surface area (Å²) in [6, 6.07) is 20.5. The second-order valence-electron chi connectivity index (χ2n) is 7.25. The zero-order chi connectivity index (χ0) is 22.3. The molecule has 0 saturated carbocycles. The molecule has 162 valence electrons. The van der Waals surface area contributed by atoms with Crippen LogP contribution in [0.4, 0.5) is 0 Å². The van der Waals surface area contributed by atoms with Crippen molar-refractivity contribution in [2.75, 3.05) is 21.3 Å². The lowest BCUT2D eigenvalue weighted by Crippen LogP contribution is -2.29. The van der Waals surface area contributed by atoms with Crippen LogP contribution in [0.5, 0.6) is 17.2 Å². The molecule has 0 radical (unpaired) electrons. The van der Waals surface area contributed by atoms with Crippen molar-refractivity contribution in [3.05, 3.63) is 89.0 Å². The van der Waals surface area contributed by atoms with E-state index >= 15 is 0 Å². The highest BCUT2D eigenvalue weighted by Gasteiger charge is 2.34. The van der Waals surface area contributed by atoms with E-state index in [4.69, 9.17) is 14.2 Å². The number of aliphatic hydroxyl groups is 1.